The van der Waals surface area contributed by atoms with Crippen LogP contribution in [0, 0.1) is 0 Å². The second kappa shape index (κ2) is 9.22. The van der Waals surface area contributed by atoms with Gasteiger partial charge < -0.3 is 14.3 Å². The van der Waals surface area contributed by atoms with Crippen LogP contribution < -0.4 is 0 Å². The summed E-state index contributed by atoms with van der Waals surface area (Å²) in [4.78, 5) is 20.1. The molecule has 1 aliphatic heterocycles. The van der Waals surface area contributed by atoms with Crippen molar-refractivity contribution in [2.45, 2.75) is 24.3 Å². The van der Waals surface area contributed by atoms with Gasteiger partial charge in [-0.2, -0.15) is 0 Å². The summed E-state index contributed by atoms with van der Waals surface area (Å²) in [7, 11) is 1.33. The molecule has 0 aliphatic carbocycles. The normalized spacial score (nSPS) is 16.6. The number of hydrogen-bond acceptors (Lipinski definition) is 7. The summed E-state index contributed by atoms with van der Waals surface area (Å²) in [5.74, 6) is -0.454. The fourth-order valence-corrected chi connectivity index (χ4v) is 3.16. The maximum atomic E-state index is 11.3. The zero-order valence-corrected chi connectivity index (χ0v) is 16.1. The molecule has 138 valence electrons. The average Bonchev–Trinajstić information content (AvgIpc) is 2.65. The number of morpholine rings is 1. The minimum absolute atomic E-state index is 0.206. The van der Waals surface area contributed by atoms with E-state index in [1.807, 2.05) is 18.4 Å². The number of nitrogens with zero attached hydrogens (tertiary/aromatic N) is 2. The largest absolute Gasteiger partial charge is 0.466 e. The Morgan fingerprint density at radius 3 is 2.48 bits per heavy atom. The Morgan fingerprint density at radius 2 is 1.92 bits per heavy atom. The lowest BCUT2D eigenvalue weighted by atomic mass is 9.90. The van der Waals surface area contributed by atoms with Gasteiger partial charge in [-0.15, -0.1) is 11.8 Å². The third kappa shape index (κ3) is 5.20. The number of hydrogen-bond donors (Lipinski definition) is 0. The molecule has 0 unspecified atom stereocenters. The van der Waals surface area contributed by atoms with Crippen molar-refractivity contribution in [3.63, 3.8) is 0 Å². The molecule has 0 aromatic heterocycles. The maximum absolute atomic E-state index is 11.3. The van der Waals surface area contributed by atoms with Crippen LogP contribution in [-0.4, -0.2) is 68.4 Å². The number of benzene rings is 1. The van der Waals surface area contributed by atoms with Gasteiger partial charge >= 0.3 is 5.97 Å². The third-order valence-corrected chi connectivity index (χ3v) is 5.05. The first-order chi connectivity index (χ1) is 12.0. The molecule has 1 aromatic rings. The predicted octanol–water partition coefficient (Wildman–Crippen LogP) is 2.41. The second-order valence-corrected chi connectivity index (χ2v) is 7.06. The first kappa shape index (κ1) is 19.8. The third-order valence-electron chi connectivity index (χ3n) is 4.31. The molecule has 0 bridgehead atoms. The van der Waals surface area contributed by atoms with Gasteiger partial charge in [0, 0.05) is 23.5 Å². The van der Waals surface area contributed by atoms with E-state index in [1.165, 1.54) is 12.0 Å². The summed E-state index contributed by atoms with van der Waals surface area (Å²) in [6, 6.07) is 8.19. The maximum Gasteiger partial charge on any atom is 0.346 e. The Labute approximate surface area is 153 Å². The van der Waals surface area contributed by atoms with Crippen LogP contribution in [0.25, 0.3) is 0 Å². The van der Waals surface area contributed by atoms with E-state index in [0.717, 1.165) is 24.4 Å². The van der Waals surface area contributed by atoms with Crippen molar-refractivity contribution in [2.24, 2.45) is 5.16 Å². The van der Waals surface area contributed by atoms with Gasteiger partial charge in [0.05, 0.1) is 25.9 Å². The van der Waals surface area contributed by atoms with E-state index in [0.29, 0.717) is 13.2 Å². The van der Waals surface area contributed by atoms with Crippen molar-refractivity contribution in [3.05, 3.63) is 29.8 Å². The molecule has 0 saturated carbocycles. The lowest BCUT2D eigenvalue weighted by Crippen LogP contribution is -2.54. The summed E-state index contributed by atoms with van der Waals surface area (Å²) in [6.45, 7) is 7.07. The molecule has 7 heteroatoms. The van der Waals surface area contributed by atoms with E-state index in [-0.39, 0.29) is 12.1 Å². The molecule has 6 nitrogen and oxygen atoms in total. The molecule has 0 atom stereocenters. The fraction of sp³-hybridized carbons (Fsp3) is 0.556. The van der Waals surface area contributed by atoms with Crippen LogP contribution in [0.1, 0.15) is 19.4 Å². The quantitative estimate of drug-likeness (QED) is 0.320. The van der Waals surface area contributed by atoms with E-state index in [9.17, 15) is 4.79 Å². The number of carbonyl (C=O) groups is 1. The van der Waals surface area contributed by atoms with Crippen molar-refractivity contribution in [3.8, 4) is 0 Å². The summed E-state index contributed by atoms with van der Waals surface area (Å²) >= 11 is 1.69. The van der Waals surface area contributed by atoms with Gasteiger partial charge in [0.1, 0.15) is 5.71 Å². The average molecular weight is 366 g/mol. The highest BCUT2D eigenvalue weighted by molar-refractivity contribution is 7.98. The predicted molar refractivity (Wildman–Crippen MR) is 99.2 cm³/mol. The number of rotatable bonds is 7. The van der Waals surface area contributed by atoms with Crippen molar-refractivity contribution >= 4 is 23.4 Å². The van der Waals surface area contributed by atoms with Crippen molar-refractivity contribution in [1.82, 2.24) is 4.90 Å². The number of thioether (sulfide) groups is 1. The molecule has 1 heterocycles. The highest BCUT2D eigenvalue weighted by Crippen LogP contribution is 2.24. The van der Waals surface area contributed by atoms with Crippen LogP contribution in [-0.2, 0) is 19.1 Å². The highest BCUT2D eigenvalue weighted by Gasteiger charge is 2.35. The SMILES string of the molecule is COC(=O)CO/N=C(/c1ccc(SC)cc1)C(C)(C)N1CCOCC1. The summed E-state index contributed by atoms with van der Waals surface area (Å²) in [5, 5.41) is 4.31. The second-order valence-electron chi connectivity index (χ2n) is 6.18. The molecule has 2 rings (SSSR count). The Balaban J connectivity index is 2.29. The molecule has 0 N–H and O–H groups in total. The first-order valence-electron chi connectivity index (χ1n) is 8.23. The zero-order valence-electron chi connectivity index (χ0n) is 15.3. The summed E-state index contributed by atoms with van der Waals surface area (Å²) < 4.78 is 10.1. The van der Waals surface area contributed by atoms with Crippen LogP contribution in [0.3, 0.4) is 0 Å². The monoisotopic (exact) mass is 366 g/mol. The topological polar surface area (TPSA) is 60.4 Å². The Kier molecular flexibility index (Phi) is 7.28. The summed E-state index contributed by atoms with van der Waals surface area (Å²) in [6.07, 6.45) is 2.04. The summed E-state index contributed by atoms with van der Waals surface area (Å²) in [5.41, 5.74) is 1.39. The van der Waals surface area contributed by atoms with Crippen LogP contribution in [0.5, 0.6) is 0 Å². The lowest BCUT2D eigenvalue weighted by molar-refractivity contribution is -0.145. The van der Waals surface area contributed by atoms with Gasteiger partial charge in [0.2, 0.25) is 6.61 Å². The minimum atomic E-state index is -0.454. The minimum Gasteiger partial charge on any atom is -0.466 e. The number of oxime groups is 1. The molecule has 0 amide bonds. The standard InChI is InChI=1S/C18H26N2O4S/c1-18(2,20-9-11-23-12-10-20)17(19-24-13-16(21)22-3)14-5-7-15(25-4)8-6-14/h5-8H,9-13H2,1-4H3/b19-17-. The smallest absolute Gasteiger partial charge is 0.346 e. The van der Waals surface area contributed by atoms with Gasteiger partial charge in [-0.3, -0.25) is 4.90 Å². The zero-order chi connectivity index (χ0) is 18.3. The van der Waals surface area contributed by atoms with Crippen molar-refractivity contribution in [2.75, 3.05) is 46.3 Å². The number of ether oxygens (including phenoxy) is 2. The first-order valence-corrected chi connectivity index (χ1v) is 9.46. The van der Waals surface area contributed by atoms with Gasteiger partial charge in [-0.25, -0.2) is 4.79 Å². The van der Waals surface area contributed by atoms with E-state index in [2.05, 4.69) is 40.8 Å². The number of methoxy groups -OCH3 is 1. The van der Waals surface area contributed by atoms with E-state index >= 15 is 0 Å². The van der Waals surface area contributed by atoms with Crippen LogP contribution in [0.4, 0.5) is 0 Å². The van der Waals surface area contributed by atoms with Crippen molar-refractivity contribution in [1.29, 1.82) is 0 Å². The van der Waals surface area contributed by atoms with Gasteiger partial charge in [0.15, 0.2) is 0 Å². The Hall–Kier alpha value is -1.57. The number of esters is 1. The fourth-order valence-electron chi connectivity index (χ4n) is 2.75. The lowest BCUT2D eigenvalue weighted by Gasteiger charge is -2.41. The number of carbonyl (C=O) groups excluding carboxylic acids is 1. The molecule has 25 heavy (non-hydrogen) atoms. The molecular weight excluding hydrogens is 340 g/mol. The molecule has 0 radical (unpaired) electrons. The van der Waals surface area contributed by atoms with Gasteiger partial charge in [0.25, 0.3) is 0 Å². The molecule has 1 saturated heterocycles. The molecule has 1 aliphatic rings. The molecule has 1 aromatic carbocycles. The Morgan fingerprint density at radius 1 is 1.28 bits per heavy atom. The van der Waals surface area contributed by atoms with Crippen LogP contribution in [0.15, 0.2) is 34.3 Å². The highest BCUT2D eigenvalue weighted by atomic mass is 32.2. The van der Waals surface area contributed by atoms with E-state index in [4.69, 9.17) is 9.57 Å². The Bertz CT molecular complexity index is 596. The molecular formula is C18H26N2O4S. The van der Waals surface area contributed by atoms with Crippen LogP contribution >= 0.6 is 11.8 Å². The van der Waals surface area contributed by atoms with E-state index in [1.54, 1.807) is 11.8 Å². The molecule has 1 fully saturated rings. The van der Waals surface area contributed by atoms with Crippen LogP contribution in [0.2, 0.25) is 0 Å². The van der Waals surface area contributed by atoms with Crippen molar-refractivity contribution < 1.29 is 19.1 Å². The van der Waals surface area contributed by atoms with Gasteiger partial charge in [-0.1, -0.05) is 17.3 Å². The van der Waals surface area contributed by atoms with Gasteiger partial charge in [-0.05, 0) is 32.2 Å². The van der Waals surface area contributed by atoms with E-state index < -0.39 is 5.97 Å². The molecule has 0 spiro atoms.